The lowest BCUT2D eigenvalue weighted by molar-refractivity contribution is -0.127. The van der Waals surface area contributed by atoms with Crippen LogP contribution >= 0.6 is 11.8 Å². The Hall–Kier alpha value is -3.65. The van der Waals surface area contributed by atoms with Gasteiger partial charge >= 0.3 is 5.63 Å². The monoisotopic (exact) mass is 434 g/mol. The molecule has 4 rings (SSSR count). The number of nitrogens with zero attached hydrogens (tertiary/aromatic N) is 1. The maximum absolute atomic E-state index is 12.6. The van der Waals surface area contributed by atoms with E-state index in [4.69, 9.17) is 4.42 Å². The number of imide groups is 1. The third-order valence-electron chi connectivity index (χ3n) is 4.75. The molecule has 2 heterocycles. The summed E-state index contributed by atoms with van der Waals surface area (Å²) < 4.78 is 5.17. The van der Waals surface area contributed by atoms with Crippen LogP contribution in [0.3, 0.4) is 0 Å². The van der Waals surface area contributed by atoms with E-state index in [1.54, 1.807) is 25.1 Å². The summed E-state index contributed by atoms with van der Waals surface area (Å²) in [5, 5.41) is 2.89. The Balaban J connectivity index is 1.48. The van der Waals surface area contributed by atoms with Crippen LogP contribution in [-0.4, -0.2) is 28.5 Å². The molecule has 2 aromatic carbocycles. The number of rotatable bonds is 4. The zero-order valence-corrected chi connectivity index (χ0v) is 17.6. The summed E-state index contributed by atoms with van der Waals surface area (Å²) in [7, 11) is 0. The molecule has 156 valence electrons. The second-order valence-electron chi connectivity index (χ2n) is 7.19. The van der Waals surface area contributed by atoms with Crippen LogP contribution in [0.15, 0.2) is 62.6 Å². The molecule has 31 heavy (non-hydrogen) atoms. The van der Waals surface area contributed by atoms with E-state index in [0.717, 1.165) is 38.7 Å². The summed E-state index contributed by atoms with van der Waals surface area (Å²) in [6.07, 6.45) is 1.64. The minimum Gasteiger partial charge on any atom is -0.423 e. The van der Waals surface area contributed by atoms with Gasteiger partial charge in [-0.1, -0.05) is 29.8 Å². The predicted molar refractivity (Wildman–Crippen MR) is 120 cm³/mol. The van der Waals surface area contributed by atoms with Crippen LogP contribution in [0, 0.1) is 13.8 Å². The van der Waals surface area contributed by atoms with Crippen molar-refractivity contribution in [2.75, 3.05) is 11.9 Å². The third-order valence-corrected chi connectivity index (χ3v) is 5.66. The minimum absolute atomic E-state index is 0.270. The average Bonchev–Trinajstić information content (AvgIpc) is 2.95. The van der Waals surface area contributed by atoms with E-state index < -0.39 is 29.2 Å². The molecular formula is C23H18N2O5S. The van der Waals surface area contributed by atoms with Crippen LogP contribution in [-0.2, 0) is 9.59 Å². The highest BCUT2D eigenvalue weighted by atomic mass is 32.2. The van der Waals surface area contributed by atoms with E-state index in [-0.39, 0.29) is 4.91 Å². The first-order chi connectivity index (χ1) is 14.8. The summed E-state index contributed by atoms with van der Waals surface area (Å²) >= 11 is 0.805. The van der Waals surface area contributed by atoms with E-state index in [2.05, 4.69) is 5.32 Å². The molecule has 1 fully saturated rings. The van der Waals surface area contributed by atoms with Crippen molar-refractivity contribution >= 4 is 51.5 Å². The van der Waals surface area contributed by atoms with Gasteiger partial charge in [0.25, 0.3) is 11.1 Å². The van der Waals surface area contributed by atoms with Crippen molar-refractivity contribution in [3.63, 3.8) is 0 Å². The van der Waals surface area contributed by atoms with Gasteiger partial charge in [0.2, 0.25) is 5.91 Å². The molecule has 1 N–H and O–H groups in total. The van der Waals surface area contributed by atoms with Gasteiger partial charge in [-0.15, -0.1) is 0 Å². The third kappa shape index (κ3) is 4.44. The molecule has 1 aliphatic heterocycles. The number of anilines is 1. The summed E-state index contributed by atoms with van der Waals surface area (Å²) in [5.74, 6) is -1.04. The van der Waals surface area contributed by atoms with Gasteiger partial charge < -0.3 is 9.73 Å². The Bertz CT molecular complexity index is 1330. The number of carbonyl (C=O) groups is 3. The van der Waals surface area contributed by atoms with Crippen LogP contribution < -0.4 is 10.9 Å². The van der Waals surface area contributed by atoms with E-state index in [1.165, 1.54) is 12.1 Å². The molecule has 0 saturated carbocycles. The molecule has 1 aromatic heterocycles. The van der Waals surface area contributed by atoms with Gasteiger partial charge in [0.1, 0.15) is 12.1 Å². The fraction of sp³-hybridized carbons (Fsp3) is 0.130. The Morgan fingerprint density at radius 3 is 2.68 bits per heavy atom. The van der Waals surface area contributed by atoms with Crippen molar-refractivity contribution in [1.82, 2.24) is 4.90 Å². The molecule has 0 aliphatic carbocycles. The van der Waals surface area contributed by atoms with Crippen molar-refractivity contribution in [3.05, 3.63) is 80.5 Å². The molecule has 3 amide bonds. The van der Waals surface area contributed by atoms with Crippen LogP contribution in [0.2, 0.25) is 0 Å². The highest BCUT2D eigenvalue weighted by Crippen LogP contribution is 2.32. The number of carbonyl (C=O) groups excluding carboxylic acids is 3. The van der Waals surface area contributed by atoms with E-state index >= 15 is 0 Å². The first-order valence-corrected chi connectivity index (χ1v) is 10.3. The molecule has 3 aromatic rings. The molecule has 0 unspecified atom stereocenters. The molecule has 0 radical (unpaired) electrons. The number of thioether (sulfide) groups is 1. The zero-order chi connectivity index (χ0) is 22.1. The SMILES string of the molecule is Cc1cccc(/C=C2\SC(=O)N(CC(=O)Nc3ccc4c(C)cc(=O)oc4c3)C2=O)c1. The number of hydrogen-bond acceptors (Lipinski definition) is 6. The van der Waals surface area contributed by atoms with Crippen molar-refractivity contribution < 1.29 is 18.8 Å². The topological polar surface area (TPSA) is 96.7 Å². The van der Waals surface area contributed by atoms with Gasteiger partial charge in [0.15, 0.2) is 0 Å². The van der Waals surface area contributed by atoms with E-state index in [0.29, 0.717) is 11.3 Å². The molecule has 8 heteroatoms. The number of aryl methyl sites for hydroxylation is 2. The maximum atomic E-state index is 12.6. The van der Waals surface area contributed by atoms with Crippen molar-refractivity contribution in [2.45, 2.75) is 13.8 Å². The zero-order valence-electron chi connectivity index (χ0n) is 16.8. The predicted octanol–water partition coefficient (Wildman–Crippen LogP) is 4.08. The van der Waals surface area contributed by atoms with Gasteiger partial charge in [-0.2, -0.15) is 0 Å². The van der Waals surface area contributed by atoms with Crippen molar-refractivity contribution in [1.29, 1.82) is 0 Å². The van der Waals surface area contributed by atoms with Gasteiger partial charge in [0.05, 0.1) is 4.91 Å². The highest BCUT2D eigenvalue weighted by Gasteiger charge is 2.36. The number of nitrogens with one attached hydrogen (secondary N) is 1. The van der Waals surface area contributed by atoms with Crippen molar-refractivity contribution in [2.24, 2.45) is 0 Å². The largest absolute Gasteiger partial charge is 0.423 e. The Kier molecular flexibility index (Phi) is 5.48. The fourth-order valence-electron chi connectivity index (χ4n) is 3.29. The summed E-state index contributed by atoms with van der Waals surface area (Å²) in [5.41, 5.74) is 2.87. The quantitative estimate of drug-likeness (QED) is 0.491. The smallest absolute Gasteiger partial charge is 0.336 e. The number of hydrogen-bond donors (Lipinski definition) is 1. The second kappa shape index (κ2) is 8.23. The first-order valence-electron chi connectivity index (χ1n) is 9.46. The molecule has 7 nitrogen and oxygen atoms in total. The lowest BCUT2D eigenvalue weighted by Crippen LogP contribution is -2.36. The Morgan fingerprint density at radius 2 is 1.90 bits per heavy atom. The Labute approximate surface area is 181 Å². The summed E-state index contributed by atoms with van der Waals surface area (Å²) in [6, 6.07) is 13.9. The average molecular weight is 434 g/mol. The van der Waals surface area contributed by atoms with Gasteiger partial charge in [0, 0.05) is 23.2 Å². The molecular weight excluding hydrogens is 416 g/mol. The maximum Gasteiger partial charge on any atom is 0.336 e. The van der Waals surface area contributed by atoms with E-state index in [1.807, 2.05) is 31.2 Å². The molecule has 0 bridgehead atoms. The van der Waals surface area contributed by atoms with Crippen LogP contribution in [0.25, 0.3) is 17.0 Å². The van der Waals surface area contributed by atoms with E-state index in [9.17, 15) is 19.2 Å². The van der Waals surface area contributed by atoms with Gasteiger partial charge in [-0.05, 0) is 54.9 Å². The number of fused-ring (bicyclic) bond motifs is 1. The van der Waals surface area contributed by atoms with Crippen LogP contribution in [0.5, 0.6) is 0 Å². The molecule has 0 spiro atoms. The van der Waals surface area contributed by atoms with Crippen LogP contribution in [0.1, 0.15) is 16.7 Å². The second-order valence-corrected chi connectivity index (χ2v) is 8.18. The first kappa shape index (κ1) is 20.6. The van der Waals surface area contributed by atoms with Crippen molar-refractivity contribution in [3.8, 4) is 0 Å². The summed E-state index contributed by atoms with van der Waals surface area (Å²) in [6.45, 7) is 3.32. The Morgan fingerprint density at radius 1 is 1.10 bits per heavy atom. The standard InChI is InChI=1S/C23H18N2O5S/c1-13-4-3-5-15(8-13)10-19-22(28)25(23(29)31-19)12-20(26)24-16-6-7-17-14(2)9-21(27)30-18(17)11-16/h3-11H,12H2,1-2H3,(H,24,26)/b19-10-. The number of benzene rings is 2. The van der Waals surface area contributed by atoms with Gasteiger partial charge in [-0.3, -0.25) is 19.3 Å². The molecule has 0 atom stereocenters. The molecule has 1 aliphatic rings. The minimum atomic E-state index is -0.534. The lowest BCUT2D eigenvalue weighted by Gasteiger charge is -2.12. The molecule has 1 saturated heterocycles. The van der Waals surface area contributed by atoms with Crippen LogP contribution in [0.4, 0.5) is 10.5 Å². The fourth-order valence-corrected chi connectivity index (χ4v) is 4.13. The lowest BCUT2D eigenvalue weighted by atomic mass is 10.1. The summed E-state index contributed by atoms with van der Waals surface area (Å²) in [4.78, 5) is 50.1. The number of amides is 3. The normalized spacial score (nSPS) is 15.2. The highest BCUT2D eigenvalue weighted by molar-refractivity contribution is 8.18. The van der Waals surface area contributed by atoms with Gasteiger partial charge in [-0.25, -0.2) is 4.79 Å².